The molecule has 2 N–H and O–H groups in total. The first kappa shape index (κ1) is 17.6. The number of hydrogen-bond acceptors (Lipinski definition) is 5. The van der Waals surface area contributed by atoms with Crippen molar-refractivity contribution in [2.24, 2.45) is 0 Å². The zero-order valence-corrected chi connectivity index (χ0v) is 15.2. The third kappa shape index (κ3) is 5.14. The van der Waals surface area contributed by atoms with Gasteiger partial charge >= 0.3 is 0 Å². The number of carbonyl (C=O) groups is 1. The number of carbonyl (C=O) groups excluding carboxylic acids is 1. The summed E-state index contributed by atoms with van der Waals surface area (Å²) < 4.78 is 12.9. The van der Waals surface area contributed by atoms with Gasteiger partial charge in [-0.3, -0.25) is 9.89 Å². The molecular formula is C17H17FN4OS2. The molecule has 5 nitrogen and oxygen atoms in total. The fourth-order valence-corrected chi connectivity index (χ4v) is 3.61. The minimum Gasteiger partial charge on any atom is -0.351 e. The zero-order chi connectivity index (χ0) is 17.6. The monoisotopic (exact) mass is 376 g/mol. The molecule has 0 saturated carbocycles. The van der Waals surface area contributed by atoms with Crippen molar-refractivity contribution in [1.82, 2.24) is 20.5 Å². The van der Waals surface area contributed by atoms with Gasteiger partial charge in [-0.25, -0.2) is 9.37 Å². The Morgan fingerprint density at radius 2 is 2.16 bits per heavy atom. The highest BCUT2D eigenvalue weighted by Gasteiger charge is 2.17. The van der Waals surface area contributed by atoms with E-state index in [2.05, 4.69) is 20.5 Å². The summed E-state index contributed by atoms with van der Waals surface area (Å²) in [6, 6.07) is 10.1. The average Bonchev–Trinajstić information content (AvgIpc) is 3.26. The first-order valence-corrected chi connectivity index (χ1v) is 9.48. The molecule has 1 amide bonds. The summed E-state index contributed by atoms with van der Waals surface area (Å²) in [4.78, 5) is 17.8. The molecule has 3 aromatic rings. The van der Waals surface area contributed by atoms with Crippen LogP contribution in [0.2, 0.25) is 0 Å². The minimum atomic E-state index is -0.328. The largest absolute Gasteiger partial charge is 0.351 e. The van der Waals surface area contributed by atoms with E-state index in [1.54, 1.807) is 30.4 Å². The van der Waals surface area contributed by atoms with Crippen molar-refractivity contribution in [3.63, 3.8) is 0 Å². The van der Waals surface area contributed by atoms with Gasteiger partial charge in [0, 0.05) is 17.8 Å². The van der Waals surface area contributed by atoms with E-state index in [1.165, 1.54) is 28.8 Å². The Hall–Kier alpha value is -2.19. The number of nitrogens with zero attached hydrogens (tertiary/aromatic N) is 2. The van der Waals surface area contributed by atoms with Crippen molar-refractivity contribution in [2.45, 2.75) is 30.3 Å². The Labute approximate surface area is 153 Å². The number of hydrogen-bond donors (Lipinski definition) is 2. The predicted molar refractivity (Wildman–Crippen MR) is 97.1 cm³/mol. The van der Waals surface area contributed by atoms with Crippen LogP contribution in [0.1, 0.15) is 23.2 Å². The standard InChI is InChI=1S/C17H17FN4OS2/c1-11(16(23)19-10-12-4-6-13(18)7-5-12)25-17-20-15(21-22-17)9-14-3-2-8-24-14/h2-8,11H,9-10H2,1H3,(H,19,23)(H,20,21,22). The maximum atomic E-state index is 12.9. The fraction of sp³-hybridized carbons (Fsp3) is 0.235. The summed E-state index contributed by atoms with van der Waals surface area (Å²) in [5, 5.41) is 12.1. The Bertz CT molecular complexity index is 818. The van der Waals surface area contributed by atoms with Crippen LogP contribution in [-0.4, -0.2) is 26.3 Å². The van der Waals surface area contributed by atoms with E-state index in [-0.39, 0.29) is 17.0 Å². The van der Waals surface area contributed by atoms with Crippen LogP contribution < -0.4 is 5.32 Å². The van der Waals surface area contributed by atoms with Gasteiger partial charge in [0.1, 0.15) is 11.6 Å². The highest BCUT2D eigenvalue weighted by Crippen LogP contribution is 2.20. The number of H-pyrrole nitrogens is 1. The second kappa shape index (κ2) is 8.26. The van der Waals surface area contributed by atoms with E-state index < -0.39 is 0 Å². The maximum Gasteiger partial charge on any atom is 0.233 e. The molecule has 1 unspecified atom stereocenters. The van der Waals surface area contributed by atoms with Gasteiger partial charge in [0.2, 0.25) is 11.1 Å². The van der Waals surface area contributed by atoms with Gasteiger partial charge in [-0.2, -0.15) is 0 Å². The van der Waals surface area contributed by atoms with Gasteiger partial charge in [-0.15, -0.1) is 16.4 Å². The molecule has 1 atom stereocenters. The van der Waals surface area contributed by atoms with Crippen molar-refractivity contribution in [2.75, 3.05) is 0 Å². The lowest BCUT2D eigenvalue weighted by atomic mass is 10.2. The molecule has 8 heteroatoms. The van der Waals surface area contributed by atoms with Gasteiger partial charge in [-0.1, -0.05) is 30.0 Å². The summed E-state index contributed by atoms with van der Waals surface area (Å²) in [6.45, 7) is 2.17. The Morgan fingerprint density at radius 3 is 2.88 bits per heavy atom. The number of thiophene rings is 1. The van der Waals surface area contributed by atoms with E-state index in [1.807, 2.05) is 17.5 Å². The summed E-state index contributed by atoms with van der Waals surface area (Å²) in [6.07, 6.45) is 0.705. The number of aromatic amines is 1. The molecule has 0 aliphatic rings. The molecule has 0 radical (unpaired) electrons. The van der Waals surface area contributed by atoms with Crippen molar-refractivity contribution < 1.29 is 9.18 Å². The molecule has 0 fully saturated rings. The van der Waals surface area contributed by atoms with E-state index in [0.29, 0.717) is 18.1 Å². The molecule has 130 valence electrons. The smallest absolute Gasteiger partial charge is 0.233 e. The lowest BCUT2D eigenvalue weighted by Gasteiger charge is -2.10. The maximum absolute atomic E-state index is 12.9. The first-order chi connectivity index (χ1) is 12.1. The molecule has 0 spiro atoms. The summed E-state index contributed by atoms with van der Waals surface area (Å²) in [5.41, 5.74) is 0.850. The number of benzene rings is 1. The number of amides is 1. The normalized spacial score (nSPS) is 12.1. The van der Waals surface area contributed by atoms with Gasteiger partial charge in [0.15, 0.2) is 0 Å². The molecule has 2 aromatic heterocycles. The molecular weight excluding hydrogens is 359 g/mol. The molecule has 3 rings (SSSR count). The van der Waals surface area contributed by atoms with Crippen LogP contribution in [-0.2, 0) is 17.8 Å². The van der Waals surface area contributed by atoms with Crippen LogP contribution in [0.3, 0.4) is 0 Å². The average molecular weight is 376 g/mol. The second-order valence-corrected chi connectivity index (χ2v) is 7.77. The molecule has 25 heavy (non-hydrogen) atoms. The topological polar surface area (TPSA) is 70.7 Å². The van der Waals surface area contributed by atoms with Crippen LogP contribution in [0, 0.1) is 5.82 Å². The Kier molecular flexibility index (Phi) is 5.83. The van der Waals surface area contributed by atoms with E-state index in [9.17, 15) is 9.18 Å². The third-order valence-electron chi connectivity index (χ3n) is 3.46. The van der Waals surface area contributed by atoms with Gasteiger partial charge in [0.25, 0.3) is 0 Å². The third-order valence-corrected chi connectivity index (χ3v) is 5.30. The molecule has 0 aliphatic heterocycles. The number of nitrogens with one attached hydrogen (secondary N) is 2. The number of rotatable bonds is 7. The van der Waals surface area contributed by atoms with Crippen molar-refractivity contribution in [3.8, 4) is 0 Å². The second-order valence-electron chi connectivity index (χ2n) is 5.43. The van der Waals surface area contributed by atoms with Crippen LogP contribution in [0.15, 0.2) is 46.9 Å². The van der Waals surface area contributed by atoms with Crippen molar-refractivity contribution in [3.05, 3.63) is 63.9 Å². The summed E-state index contributed by atoms with van der Waals surface area (Å²) in [7, 11) is 0. The molecule has 1 aromatic carbocycles. The van der Waals surface area contributed by atoms with Gasteiger partial charge in [0.05, 0.1) is 5.25 Å². The quantitative estimate of drug-likeness (QED) is 0.620. The van der Waals surface area contributed by atoms with E-state index in [4.69, 9.17) is 0 Å². The molecule has 0 bridgehead atoms. The molecule has 0 aliphatic carbocycles. The van der Waals surface area contributed by atoms with Crippen LogP contribution >= 0.6 is 23.1 Å². The van der Waals surface area contributed by atoms with Crippen LogP contribution in [0.4, 0.5) is 4.39 Å². The van der Waals surface area contributed by atoms with Gasteiger partial charge in [-0.05, 0) is 36.1 Å². The van der Waals surface area contributed by atoms with Crippen molar-refractivity contribution >= 4 is 29.0 Å². The van der Waals surface area contributed by atoms with Crippen LogP contribution in [0.5, 0.6) is 0 Å². The molecule has 0 saturated heterocycles. The van der Waals surface area contributed by atoms with E-state index in [0.717, 1.165) is 11.4 Å². The Balaban J connectivity index is 1.49. The van der Waals surface area contributed by atoms with Crippen LogP contribution in [0.25, 0.3) is 0 Å². The summed E-state index contributed by atoms with van der Waals surface area (Å²) >= 11 is 2.97. The predicted octanol–water partition coefficient (Wildman–Crippen LogP) is 3.39. The van der Waals surface area contributed by atoms with Crippen molar-refractivity contribution in [1.29, 1.82) is 0 Å². The number of aromatic nitrogens is 3. The highest BCUT2D eigenvalue weighted by molar-refractivity contribution is 8.00. The highest BCUT2D eigenvalue weighted by atomic mass is 32.2. The lowest BCUT2D eigenvalue weighted by Crippen LogP contribution is -2.30. The SMILES string of the molecule is CC(Sc1n[nH]c(Cc2cccs2)n1)C(=O)NCc1ccc(F)cc1. The number of halogens is 1. The Morgan fingerprint density at radius 1 is 1.36 bits per heavy atom. The zero-order valence-electron chi connectivity index (χ0n) is 13.5. The van der Waals surface area contributed by atoms with E-state index >= 15 is 0 Å². The van der Waals surface area contributed by atoms with Gasteiger partial charge < -0.3 is 5.32 Å². The minimum absolute atomic E-state index is 0.112. The fourth-order valence-electron chi connectivity index (χ4n) is 2.13. The number of thioether (sulfide) groups is 1. The first-order valence-electron chi connectivity index (χ1n) is 7.72. The molecule has 2 heterocycles. The lowest BCUT2D eigenvalue weighted by molar-refractivity contribution is -0.120. The summed E-state index contributed by atoms with van der Waals surface area (Å²) in [5.74, 6) is 0.379.